The average Bonchev–Trinajstić information content (AvgIpc) is 2.79. The molecule has 0 fully saturated rings. The lowest BCUT2D eigenvalue weighted by atomic mass is 10.2. The van der Waals surface area contributed by atoms with Gasteiger partial charge in [0, 0.05) is 16.9 Å². The van der Waals surface area contributed by atoms with Gasteiger partial charge in [0.1, 0.15) is 10.7 Å². The van der Waals surface area contributed by atoms with Crippen LogP contribution in [0.5, 0.6) is 0 Å². The summed E-state index contributed by atoms with van der Waals surface area (Å²) in [6.45, 7) is 0.406. The van der Waals surface area contributed by atoms with Crippen LogP contribution in [-0.4, -0.2) is 19.4 Å². The van der Waals surface area contributed by atoms with Gasteiger partial charge >= 0.3 is 0 Å². The van der Waals surface area contributed by atoms with Crippen molar-refractivity contribution in [3.05, 3.63) is 46.4 Å². The van der Waals surface area contributed by atoms with Crippen LogP contribution in [0.2, 0.25) is 0 Å². The highest BCUT2D eigenvalue weighted by Crippen LogP contribution is 2.15. The monoisotopic (exact) mass is 259 g/mol. The molecule has 0 aliphatic carbocycles. The number of nitrogens with zero attached hydrogens (tertiary/aromatic N) is 4. The van der Waals surface area contributed by atoms with E-state index in [4.69, 9.17) is 5.73 Å². The number of hydrogen-bond acceptors (Lipinski definition) is 6. The summed E-state index contributed by atoms with van der Waals surface area (Å²) in [6.07, 6.45) is 1.30. The maximum absolute atomic E-state index is 11.7. The first-order valence-corrected chi connectivity index (χ1v) is 6.04. The Kier molecular flexibility index (Phi) is 2.52. The zero-order valence-corrected chi connectivity index (χ0v) is 10.1. The lowest BCUT2D eigenvalue weighted by Crippen LogP contribution is -2.13. The van der Waals surface area contributed by atoms with Crippen LogP contribution < -0.4 is 11.2 Å². The van der Waals surface area contributed by atoms with Crippen LogP contribution in [0.1, 0.15) is 5.69 Å². The maximum atomic E-state index is 11.7. The van der Waals surface area contributed by atoms with E-state index in [0.29, 0.717) is 22.6 Å². The molecular weight excluding hydrogens is 250 g/mol. The van der Waals surface area contributed by atoms with Crippen molar-refractivity contribution in [3.8, 4) is 0 Å². The molecule has 0 saturated heterocycles. The molecule has 0 unspecified atom stereocenters. The van der Waals surface area contributed by atoms with Crippen molar-refractivity contribution < 1.29 is 0 Å². The summed E-state index contributed by atoms with van der Waals surface area (Å²) in [5.74, 6) is 0. The summed E-state index contributed by atoms with van der Waals surface area (Å²) in [7, 11) is 0. The molecule has 0 bridgehead atoms. The molecule has 0 saturated carbocycles. The number of aromatic nitrogens is 4. The van der Waals surface area contributed by atoms with Gasteiger partial charge in [-0.05, 0) is 12.1 Å². The van der Waals surface area contributed by atoms with Gasteiger partial charge in [0.05, 0.1) is 18.3 Å². The zero-order chi connectivity index (χ0) is 12.5. The fraction of sp³-hybridized carbons (Fsp3) is 0.0909. The Balaban J connectivity index is 2.16. The van der Waals surface area contributed by atoms with Gasteiger partial charge in [0.15, 0.2) is 0 Å². The Bertz CT molecular complexity index is 763. The highest BCUT2D eigenvalue weighted by Gasteiger charge is 2.08. The van der Waals surface area contributed by atoms with Gasteiger partial charge in [0.25, 0.3) is 0 Å². The molecule has 90 valence electrons. The van der Waals surface area contributed by atoms with Crippen molar-refractivity contribution in [1.29, 1.82) is 0 Å². The fourth-order valence-electron chi connectivity index (χ4n) is 1.75. The van der Waals surface area contributed by atoms with Crippen molar-refractivity contribution in [2.45, 2.75) is 6.54 Å². The molecule has 18 heavy (non-hydrogen) atoms. The Morgan fingerprint density at radius 2 is 2.17 bits per heavy atom. The van der Waals surface area contributed by atoms with Crippen LogP contribution >= 0.6 is 11.5 Å². The molecule has 0 aliphatic heterocycles. The number of rotatable bonds is 2. The molecule has 2 heterocycles. The Labute approximate surface area is 106 Å². The SMILES string of the molecule is Nc1snnc1Cn1ncc(=O)c2ccccc21. The molecule has 6 nitrogen and oxygen atoms in total. The van der Waals surface area contributed by atoms with Crippen LogP contribution in [0.25, 0.3) is 10.9 Å². The molecule has 0 aliphatic rings. The molecule has 0 radical (unpaired) electrons. The van der Waals surface area contributed by atoms with Gasteiger partial charge < -0.3 is 5.73 Å². The predicted molar refractivity (Wildman–Crippen MR) is 69.4 cm³/mol. The van der Waals surface area contributed by atoms with Crippen molar-refractivity contribution >= 4 is 27.4 Å². The second-order valence-electron chi connectivity index (χ2n) is 3.77. The predicted octanol–water partition coefficient (Wildman–Crippen LogP) is 0.878. The summed E-state index contributed by atoms with van der Waals surface area (Å²) < 4.78 is 5.48. The molecular formula is C11H9N5OS. The lowest BCUT2D eigenvalue weighted by molar-refractivity contribution is 0.679. The standard InChI is InChI=1S/C11H9N5OS/c12-11-8(14-15-18-11)6-16-9-4-2-1-3-7(9)10(17)5-13-16/h1-5H,6,12H2. The van der Waals surface area contributed by atoms with E-state index in [1.165, 1.54) is 6.20 Å². The quantitative estimate of drug-likeness (QED) is 0.738. The molecule has 3 aromatic rings. The number of anilines is 1. The summed E-state index contributed by atoms with van der Waals surface area (Å²) >= 11 is 1.15. The maximum Gasteiger partial charge on any atom is 0.207 e. The topological polar surface area (TPSA) is 86.7 Å². The third-order valence-electron chi connectivity index (χ3n) is 2.65. The first-order valence-electron chi connectivity index (χ1n) is 5.27. The van der Waals surface area contributed by atoms with Gasteiger partial charge in [-0.25, -0.2) is 0 Å². The van der Waals surface area contributed by atoms with Gasteiger partial charge in [0.2, 0.25) is 5.43 Å². The second kappa shape index (κ2) is 4.19. The third-order valence-corrected chi connectivity index (χ3v) is 3.24. The van der Waals surface area contributed by atoms with Crippen LogP contribution in [0.3, 0.4) is 0 Å². The number of fused-ring (bicyclic) bond motifs is 1. The van der Waals surface area contributed by atoms with Gasteiger partial charge in [-0.2, -0.15) is 5.10 Å². The van der Waals surface area contributed by atoms with Crippen molar-refractivity contribution in [2.24, 2.45) is 0 Å². The Hall–Kier alpha value is -2.28. The second-order valence-corrected chi connectivity index (χ2v) is 4.55. The zero-order valence-electron chi connectivity index (χ0n) is 9.28. The summed E-state index contributed by atoms with van der Waals surface area (Å²) in [5, 5.41) is 9.26. The molecule has 0 atom stereocenters. The summed E-state index contributed by atoms with van der Waals surface area (Å²) in [6, 6.07) is 7.31. The molecule has 0 spiro atoms. The average molecular weight is 259 g/mol. The van der Waals surface area contributed by atoms with Crippen LogP contribution in [0.4, 0.5) is 5.00 Å². The number of nitrogen functional groups attached to an aromatic ring is 1. The van der Waals surface area contributed by atoms with E-state index in [9.17, 15) is 4.79 Å². The summed E-state index contributed by atoms with van der Waals surface area (Å²) in [4.78, 5) is 11.7. The first kappa shape index (κ1) is 10.8. The molecule has 3 rings (SSSR count). The highest BCUT2D eigenvalue weighted by atomic mass is 32.1. The molecule has 2 N–H and O–H groups in total. The smallest absolute Gasteiger partial charge is 0.207 e. The highest BCUT2D eigenvalue weighted by molar-refractivity contribution is 7.09. The van der Waals surface area contributed by atoms with E-state index >= 15 is 0 Å². The van der Waals surface area contributed by atoms with Crippen molar-refractivity contribution in [2.75, 3.05) is 5.73 Å². The molecule has 2 aromatic heterocycles. The largest absolute Gasteiger partial charge is 0.388 e. The minimum atomic E-state index is -0.0915. The summed E-state index contributed by atoms with van der Waals surface area (Å²) in [5.41, 5.74) is 7.09. The Morgan fingerprint density at radius 1 is 1.33 bits per heavy atom. The molecule has 0 amide bonds. The van der Waals surface area contributed by atoms with Crippen molar-refractivity contribution in [3.63, 3.8) is 0 Å². The number of hydrogen-bond donors (Lipinski definition) is 1. The first-order chi connectivity index (χ1) is 8.75. The number of para-hydroxylation sites is 1. The van der Waals surface area contributed by atoms with Gasteiger partial charge in [-0.15, -0.1) is 5.10 Å². The van der Waals surface area contributed by atoms with Gasteiger partial charge in [-0.1, -0.05) is 16.6 Å². The third kappa shape index (κ3) is 1.74. The Morgan fingerprint density at radius 3 is 2.94 bits per heavy atom. The van der Waals surface area contributed by atoms with E-state index in [-0.39, 0.29) is 5.43 Å². The van der Waals surface area contributed by atoms with Crippen LogP contribution in [-0.2, 0) is 6.54 Å². The number of benzene rings is 1. The number of nitrogens with two attached hydrogens (primary N) is 1. The van der Waals surface area contributed by atoms with E-state index in [0.717, 1.165) is 17.0 Å². The van der Waals surface area contributed by atoms with E-state index in [2.05, 4.69) is 14.7 Å². The van der Waals surface area contributed by atoms with Crippen LogP contribution in [0, 0.1) is 0 Å². The van der Waals surface area contributed by atoms with E-state index < -0.39 is 0 Å². The van der Waals surface area contributed by atoms with Crippen LogP contribution in [0.15, 0.2) is 35.3 Å². The molecule has 1 aromatic carbocycles. The fourth-order valence-corrected chi connectivity index (χ4v) is 2.19. The van der Waals surface area contributed by atoms with Gasteiger partial charge in [-0.3, -0.25) is 9.48 Å². The molecule has 7 heteroatoms. The van der Waals surface area contributed by atoms with E-state index in [1.807, 2.05) is 18.2 Å². The minimum Gasteiger partial charge on any atom is -0.388 e. The lowest BCUT2D eigenvalue weighted by Gasteiger charge is -2.07. The minimum absolute atomic E-state index is 0.0915. The van der Waals surface area contributed by atoms with Crippen molar-refractivity contribution in [1.82, 2.24) is 19.4 Å². The normalized spacial score (nSPS) is 10.9. The van der Waals surface area contributed by atoms with E-state index in [1.54, 1.807) is 10.7 Å².